The van der Waals surface area contributed by atoms with Gasteiger partial charge in [-0.3, -0.25) is 9.89 Å². The molecule has 3 N–H and O–H groups in total. The number of guanidine groups is 1. The third kappa shape index (κ3) is 6.87. The van der Waals surface area contributed by atoms with E-state index >= 15 is 0 Å². The highest BCUT2D eigenvalue weighted by atomic mass is 32.1. The van der Waals surface area contributed by atoms with E-state index in [9.17, 15) is 5.11 Å². The zero-order valence-electron chi connectivity index (χ0n) is 16.5. The van der Waals surface area contributed by atoms with Gasteiger partial charge in [-0.2, -0.15) is 0 Å². The van der Waals surface area contributed by atoms with Gasteiger partial charge < -0.3 is 20.5 Å². The van der Waals surface area contributed by atoms with Gasteiger partial charge in [-0.1, -0.05) is 19.9 Å². The molecule has 26 heavy (non-hydrogen) atoms. The van der Waals surface area contributed by atoms with Crippen molar-refractivity contribution in [2.75, 3.05) is 52.5 Å². The Kier molecular flexibility index (Phi) is 7.88. The van der Waals surface area contributed by atoms with Gasteiger partial charge in [-0.15, -0.1) is 11.3 Å². The molecule has 1 atom stereocenters. The third-order valence-electron chi connectivity index (χ3n) is 4.48. The van der Waals surface area contributed by atoms with Crippen LogP contribution in [0.3, 0.4) is 0 Å². The molecule has 1 aromatic rings. The molecule has 1 aliphatic rings. The molecule has 1 unspecified atom stereocenters. The van der Waals surface area contributed by atoms with Crippen molar-refractivity contribution in [1.82, 2.24) is 15.5 Å². The van der Waals surface area contributed by atoms with Crippen LogP contribution in [-0.2, 0) is 10.2 Å². The number of ether oxygens (including phenoxy) is 1. The van der Waals surface area contributed by atoms with Crippen molar-refractivity contribution < 1.29 is 9.84 Å². The fourth-order valence-electron chi connectivity index (χ4n) is 2.94. The number of hydrogen-bond donors (Lipinski definition) is 3. The van der Waals surface area contributed by atoms with Crippen LogP contribution < -0.4 is 10.6 Å². The van der Waals surface area contributed by atoms with Gasteiger partial charge in [-0.05, 0) is 25.3 Å². The third-order valence-corrected chi connectivity index (χ3v) is 5.71. The molecule has 0 saturated carbocycles. The highest BCUT2D eigenvalue weighted by Crippen LogP contribution is 2.26. The maximum Gasteiger partial charge on any atom is 0.191 e. The second-order valence-corrected chi connectivity index (χ2v) is 8.74. The van der Waals surface area contributed by atoms with E-state index in [2.05, 4.69) is 51.9 Å². The number of β-amino-alcohol motifs (C(OH)–C–C–N with tert-alkyl or cyclic N) is 1. The minimum atomic E-state index is -0.858. The molecule has 1 saturated heterocycles. The Bertz CT molecular complexity index is 552. The minimum absolute atomic E-state index is 0.0284. The van der Waals surface area contributed by atoms with Crippen LogP contribution in [0, 0.1) is 0 Å². The Labute approximate surface area is 161 Å². The van der Waals surface area contributed by atoms with E-state index in [0.29, 0.717) is 13.1 Å². The Balaban J connectivity index is 1.90. The molecule has 0 radical (unpaired) electrons. The molecule has 0 aromatic carbocycles. The van der Waals surface area contributed by atoms with Gasteiger partial charge in [0.25, 0.3) is 0 Å². The van der Waals surface area contributed by atoms with E-state index in [-0.39, 0.29) is 5.41 Å². The highest BCUT2D eigenvalue weighted by Gasteiger charge is 2.26. The van der Waals surface area contributed by atoms with Crippen LogP contribution in [0.1, 0.15) is 32.6 Å². The summed E-state index contributed by atoms with van der Waals surface area (Å²) in [6.45, 7) is 14.1. The molecule has 6 nitrogen and oxygen atoms in total. The smallest absolute Gasteiger partial charge is 0.191 e. The lowest BCUT2D eigenvalue weighted by atomic mass is 9.91. The van der Waals surface area contributed by atoms with Crippen LogP contribution in [0.5, 0.6) is 0 Å². The quantitative estimate of drug-likeness (QED) is 0.471. The first-order chi connectivity index (χ1) is 12.3. The fraction of sp³-hybridized carbons (Fsp3) is 0.737. The van der Waals surface area contributed by atoms with Crippen LogP contribution in [0.15, 0.2) is 22.5 Å². The van der Waals surface area contributed by atoms with Crippen LogP contribution in [0.25, 0.3) is 0 Å². The molecule has 1 aromatic heterocycles. The van der Waals surface area contributed by atoms with Gasteiger partial charge in [0.1, 0.15) is 0 Å². The second-order valence-electron chi connectivity index (χ2n) is 7.80. The predicted octanol–water partition coefficient (Wildman–Crippen LogP) is 1.66. The lowest BCUT2D eigenvalue weighted by molar-refractivity contribution is -0.0179. The minimum Gasteiger partial charge on any atom is -0.387 e. The Morgan fingerprint density at radius 3 is 2.65 bits per heavy atom. The summed E-state index contributed by atoms with van der Waals surface area (Å²) in [5.74, 6) is 0.749. The Morgan fingerprint density at radius 2 is 2.04 bits per heavy atom. The number of rotatable bonds is 8. The maximum absolute atomic E-state index is 10.7. The van der Waals surface area contributed by atoms with E-state index in [1.54, 1.807) is 11.3 Å². The molecule has 1 fully saturated rings. The summed E-state index contributed by atoms with van der Waals surface area (Å²) in [6.07, 6.45) is 0. The first kappa shape index (κ1) is 21.2. The number of aliphatic hydroxyl groups is 1. The van der Waals surface area contributed by atoms with Crippen molar-refractivity contribution in [3.8, 4) is 0 Å². The monoisotopic (exact) mass is 382 g/mol. The fourth-order valence-corrected chi connectivity index (χ4v) is 3.79. The number of hydrogen-bond acceptors (Lipinski definition) is 5. The summed E-state index contributed by atoms with van der Waals surface area (Å²) in [4.78, 5) is 8.21. The van der Waals surface area contributed by atoms with E-state index in [1.165, 1.54) is 4.88 Å². The van der Waals surface area contributed by atoms with Gasteiger partial charge >= 0.3 is 0 Å². The lowest BCUT2D eigenvalue weighted by Crippen LogP contribution is -2.48. The molecule has 0 amide bonds. The molecule has 2 rings (SSSR count). The highest BCUT2D eigenvalue weighted by molar-refractivity contribution is 7.10. The van der Waals surface area contributed by atoms with Gasteiger partial charge in [0.05, 0.1) is 25.4 Å². The molecule has 7 heteroatoms. The SMILES string of the molecule is CCNC(=NCC(C)(O)CN1CCOCC1)NCC(C)(C)c1cccs1. The predicted molar refractivity (Wildman–Crippen MR) is 109 cm³/mol. The van der Waals surface area contributed by atoms with Crippen LogP contribution in [-0.4, -0.2) is 74.0 Å². The summed E-state index contributed by atoms with van der Waals surface area (Å²) < 4.78 is 5.37. The average molecular weight is 383 g/mol. The van der Waals surface area contributed by atoms with Crippen LogP contribution in [0.2, 0.25) is 0 Å². The summed E-state index contributed by atoms with van der Waals surface area (Å²) >= 11 is 1.78. The Hall–Kier alpha value is -1.15. The number of thiophene rings is 1. The van der Waals surface area contributed by atoms with Gasteiger partial charge in [0.2, 0.25) is 0 Å². The zero-order valence-corrected chi connectivity index (χ0v) is 17.4. The normalized spacial score (nSPS) is 19.2. The molecule has 0 bridgehead atoms. The number of morpholine rings is 1. The molecule has 0 aliphatic carbocycles. The lowest BCUT2D eigenvalue weighted by Gasteiger charge is -2.33. The number of aliphatic imine (C=N–C) groups is 1. The standard InChI is InChI=1S/C19H34N4O2S/c1-5-20-17(21-13-18(2,3)16-7-6-12-26-16)22-14-19(4,24)15-23-8-10-25-11-9-23/h6-7,12,24H,5,8-11,13-15H2,1-4H3,(H2,20,21,22). The molecule has 0 spiro atoms. The average Bonchev–Trinajstić information content (AvgIpc) is 3.13. The van der Waals surface area contributed by atoms with Crippen molar-refractivity contribution in [2.24, 2.45) is 4.99 Å². The molecule has 1 aliphatic heterocycles. The summed E-state index contributed by atoms with van der Waals surface area (Å²) in [5.41, 5.74) is -0.830. The van der Waals surface area contributed by atoms with Crippen LogP contribution >= 0.6 is 11.3 Å². The first-order valence-electron chi connectivity index (χ1n) is 9.41. The molecule has 148 valence electrons. The van der Waals surface area contributed by atoms with Crippen molar-refractivity contribution in [3.05, 3.63) is 22.4 Å². The summed E-state index contributed by atoms with van der Waals surface area (Å²) in [5, 5.41) is 19.5. The largest absolute Gasteiger partial charge is 0.387 e. The molecular weight excluding hydrogens is 348 g/mol. The van der Waals surface area contributed by atoms with Gasteiger partial charge in [0, 0.05) is 43.0 Å². The zero-order chi connectivity index (χ0) is 19.0. The van der Waals surface area contributed by atoms with E-state index in [1.807, 2.05) is 13.8 Å². The first-order valence-corrected chi connectivity index (χ1v) is 10.3. The summed E-state index contributed by atoms with van der Waals surface area (Å²) in [6, 6.07) is 4.26. The van der Waals surface area contributed by atoms with E-state index < -0.39 is 5.60 Å². The second kappa shape index (κ2) is 9.69. The van der Waals surface area contributed by atoms with Gasteiger partial charge in [-0.25, -0.2) is 0 Å². The van der Waals surface area contributed by atoms with Gasteiger partial charge in [0.15, 0.2) is 5.96 Å². The van der Waals surface area contributed by atoms with Crippen molar-refractivity contribution in [2.45, 2.75) is 38.7 Å². The van der Waals surface area contributed by atoms with E-state index in [4.69, 9.17) is 4.74 Å². The van der Waals surface area contributed by atoms with Crippen molar-refractivity contribution >= 4 is 17.3 Å². The molecule has 2 heterocycles. The summed E-state index contributed by atoms with van der Waals surface area (Å²) in [7, 11) is 0. The van der Waals surface area contributed by atoms with Crippen molar-refractivity contribution in [3.63, 3.8) is 0 Å². The Morgan fingerprint density at radius 1 is 1.31 bits per heavy atom. The van der Waals surface area contributed by atoms with Crippen LogP contribution in [0.4, 0.5) is 0 Å². The topological polar surface area (TPSA) is 69.1 Å². The van der Waals surface area contributed by atoms with Crippen molar-refractivity contribution in [1.29, 1.82) is 0 Å². The number of nitrogens with one attached hydrogen (secondary N) is 2. The van der Waals surface area contributed by atoms with E-state index in [0.717, 1.165) is 45.4 Å². The number of nitrogens with zero attached hydrogens (tertiary/aromatic N) is 2. The maximum atomic E-state index is 10.7. The molecular formula is C19H34N4O2S.